The summed E-state index contributed by atoms with van der Waals surface area (Å²) in [5, 5.41) is 4.20. The van der Waals surface area contributed by atoms with Gasteiger partial charge in [0.25, 0.3) is 0 Å². The van der Waals surface area contributed by atoms with Gasteiger partial charge in [-0.1, -0.05) is 0 Å². The van der Waals surface area contributed by atoms with E-state index in [-0.39, 0.29) is 18.5 Å². The molecule has 0 aliphatic carbocycles. The van der Waals surface area contributed by atoms with Crippen molar-refractivity contribution in [3.8, 4) is 0 Å². The number of ketones is 1. The van der Waals surface area contributed by atoms with E-state index in [0.717, 1.165) is 11.0 Å². The molecule has 0 saturated carbocycles. The van der Waals surface area contributed by atoms with Crippen LogP contribution in [0.15, 0.2) is 10.7 Å². The van der Waals surface area contributed by atoms with Crippen molar-refractivity contribution in [1.82, 2.24) is 14.7 Å². The maximum atomic E-state index is 12.1. The first-order valence-electron chi connectivity index (χ1n) is 5.92. The van der Waals surface area contributed by atoms with Crippen LogP contribution in [-0.4, -0.2) is 53.8 Å². The normalized spacial score (nSPS) is 11.5. The van der Waals surface area contributed by atoms with Crippen LogP contribution in [0.2, 0.25) is 0 Å². The molecular weight excluding hydrogens is 298 g/mol. The Labute approximate surface area is 116 Å². The quantitative estimate of drug-likeness (QED) is 0.720. The summed E-state index contributed by atoms with van der Waals surface area (Å²) in [6, 6.07) is 0. The second-order valence-corrected chi connectivity index (χ2v) is 5.50. The third-order valence-corrected chi connectivity index (χ3v) is 2.95. The highest BCUT2D eigenvalue weighted by atomic mass is 79.9. The summed E-state index contributed by atoms with van der Waals surface area (Å²) in [5.74, 6) is -0.0492. The zero-order valence-electron chi connectivity index (χ0n) is 11.3. The molecule has 18 heavy (non-hydrogen) atoms. The Bertz CT molecular complexity index is 402. The van der Waals surface area contributed by atoms with Gasteiger partial charge in [-0.2, -0.15) is 5.10 Å². The third-order valence-electron chi connectivity index (χ3n) is 2.37. The van der Waals surface area contributed by atoms with Crippen molar-refractivity contribution in [3.05, 3.63) is 16.4 Å². The molecule has 0 amide bonds. The number of hydrogen-bond donors (Lipinski definition) is 0. The molecule has 1 aromatic heterocycles. The van der Waals surface area contributed by atoms with E-state index in [1.165, 1.54) is 0 Å². The second kappa shape index (κ2) is 7.01. The van der Waals surface area contributed by atoms with Gasteiger partial charge < -0.3 is 9.64 Å². The smallest absolute Gasteiger partial charge is 0.207 e. The van der Waals surface area contributed by atoms with E-state index in [1.54, 1.807) is 10.9 Å². The Morgan fingerprint density at radius 2 is 2.22 bits per heavy atom. The zero-order chi connectivity index (χ0) is 13.7. The largest absolute Gasteiger partial charge is 0.371 e. The van der Waals surface area contributed by atoms with Gasteiger partial charge in [0.1, 0.15) is 12.3 Å². The number of nitrogens with zero attached hydrogens (tertiary/aromatic N) is 3. The lowest BCUT2D eigenvalue weighted by molar-refractivity contribution is 0.0574. The molecule has 0 bridgehead atoms. The Hall–Kier alpha value is -0.720. The minimum Gasteiger partial charge on any atom is -0.371 e. The number of carbonyl (C=O) groups is 1. The van der Waals surface area contributed by atoms with Crippen LogP contribution in [0.3, 0.4) is 0 Å². The highest BCUT2D eigenvalue weighted by molar-refractivity contribution is 9.10. The van der Waals surface area contributed by atoms with Crippen LogP contribution in [0.1, 0.15) is 24.3 Å². The zero-order valence-corrected chi connectivity index (χ0v) is 12.9. The maximum absolute atomic E-state index is 12.1. The van der Waals surface area contributed by atoms with E-state index in [9.17, 15) is 4.79 Å². The summed E-state index contributed by atoms with van der Waals surface area (Å²) >= 11 is 3.36. The van der Waals surface area contributed by atoms with Gasteiger partial charge >= 0.3 is 0 Å². The summed E-state index contributed by atoms with van der Waals surface area (Å²) in [4.78, 5) is 14.1. The fourth-order valence-electron chi connectivity index (χ4n) is 1.41. The van der Waals surface area contributed by atoms with E-state index in [1.807, 2.05) is 27.9 Å². The number of halogens is 1. The molecule has 1 heterocycles. The molecule has 6 heteroatoms. The topological polar surface area (TPSA) is 47.4 Å². The van der Waals surface area contributed by atoms with Gasteiger partial charge in [0.05, 0.1) is 23.3 Å². The van der Waals surface area contributed by atoms with Crippen LogP contribution < -0.4 is 0 Å². The number of aromatic nitrogens is 2. The molecule has 0 spiro atoms. The maximum Gasteiger partial charge on any atom is 0.207 e. The first-order valence-corrected chi connectivity index (χ1v) is 6.72. The highest BCUT2D eigenvalue weighted by Gasteiger charge is 2.17. The molecule has 0 fully saturated rings. The summed E-state index contributed by atoms with van der Waals surface area (Å²) in [6.07, 6.45) is 1.70. The summed E-state index contributed by atoms with van der Waals surface area (Å²) in [6.45, 7) is 5.42. The van der Waals surface area contributed by atoms with Crippen LogP contribution in [0, 0.1) is 0 Å². The SMILES string of the molecule is CC(C)OCC(=O)c1c(Br)cnn1CCN(C)C. The minimum absolute atomic E-state index is 0.0471. The molecule has 0 atom stereocenters. The first-order chi connectivity index (χ1) is 8.41. The number of likely N-dealkylation sites (N-methyl/N-ethyl adjacent to an activating group) is 1. The van der Waals surface area contributed by atoms with Gasteiger partial charge in [0.15, 0.2) is 0 Å². The highest BCUT2D eigenvalue weighted by Crippen LogP contribution is 2.17. The third kappa shape index (κ3) is 4.51. The number of Topliss-reactive ketones (excluding diaryl/α,β-unsaturated/α-hetero) is 1. The molecule has 1 rings (SSSR count). The molecule has 102 valence electrons. The molecule has 0 saturated heterocycles. The van der Waals surface area contributed by atoms with Crippen LogP contribution in [0.4, 0.5) is 0 Å². The van der Waals surface area contributed by atoms with Crippen molar-refractivity contribution >= 4 is 21.7 Å². The fourth-order valence-corrected chi connectivity index (χ4v) is 1.93. The molecule has 5 nitrogen and oxygen atoms in total. The van der Waals surface area contributed by atoms with Crippen molar-refractivity contribution < 1.29 is 9.53 Å². The predicted molar refractivity (Wildman–Crippen MR) is 73.9 cm³/mol. The van der Waals surface area contributed by atoms with Crippen molar-refractivity contribution in [1.29, 1.82) is 0 Å². The van der Waals surface area contributed by atoms with E-state index < -0.39 is 0 Å². The monoisotopic (exact) mass is 317 g/mol. The number of ether oxygens (including phenoxy) is 1. The van der Waals surface area contributed by atoms with Gasteiger partial charge in [-0.3, -0.25) is 9.48 Å². The summed E-state index contributed by atoms with van der Waals surface area (Å²) < 4.78 is 7.78. The average Bonchev–Trinajstić information content (AvgIpc) is 2.64. The van der Waals surface area contributed by atoms with Gasteiger partial charge in [-0.25, -0.2) is 0 Å². The predicted octanol–water partition coefficient (Wildman–Crippen LogP) is 1.81. The Morgan fingerprint density at radius 3 is 2.78 bits per heavy atom. The number of carbonyl (C=O) groups excluding carboxylic acids is 1. The molecule has 0 aromatic carbocycles. The van der Waals surface area contributed by atoms with Crippen LogP contribution in [-0.2, 0) is 11.3 Å². The number of rotatable bonds is 7. The van der Waals surface area contributed by atoms with Crippen molar-refractivity contribution in [3.63, 3.8) is 0 Å². The Morgan fingerprint density at radius 1 is 1.56 bits per heavy atom. The number of hydrogen-bond acceptors (Lipinski definition) is 4. The molecule has 0 aliphatic heterocycles. The van der Waals surface area contributed by atoms with Crippen molar-refractivity contribution in [2.24, 2.45) is 0 Å². The van der Waals surface area contributed by atoms with Gasteiger partial charge in [0.2, 0.25) is 5.78 Å². The Kier molecular flexibility index (Phi) is 5.98. The average molecular weight is 318 g/mol. The summed E-state index contributed by atoms with van der Waals surface area (Å²) in [5.41, 5.74) is 0.581. The van der Waals surface area contributed by atoms with E-state index in [2.05, 4.69) is 25.9 Å². The van der Waals surface area contributed by atoms with Gasteiger partial charge in [0, 0.05) is 6.54 Å². The lowest BCUT2D eigenvalue weighted by Gasteiger charge is -2.12. The van der Waals surface area contributed by atoms with Crippen LogP contribution in [0.25, 0.3) is 0 Å². The molecule has 0 N–H and O–H groups in total. The van der Waals surface area contributed by atoms with E-state index in [0.29, 0.717) is 12.2 Å². The lowest BCUT2D eigenvalue weighted by Crippen LogP contribution is -2.23. The van der Waals surface area contributed by atoms with Crippen molar-refractivity contribution in [2.75, 3.05) is 27.2 Å². The minimum atomic E-state index is -0.0492. The molecule has 0 unspecified atom stereocenters. The molecule has 0 aliphatic rings. The van der Waals surface area contributed by atoms with Gasteiger partial charge in [-0.15, -0.1) is 0 Å². The van der Waals surface area contributed by atoms with E-state index in [4.69, 9.17) is 4.74 Å². The standard InChI is InChI=1S/C12H20BrN3O2/c1-9(2)18-8-11(17)12-10(13)7-14-16(12)6-5-15(3)4/h7,9H,5-6,8H2,1-4H3. The van der Waals surface area contributed by atoms with Crippen LogP contribution in [0.5, 0.6) is 0 Å². The molecule has 1 aromatic rings. The molecular formula is C12H20BrN3O2. The lowest BCUT2D eigenvalue weighted by atomic mass is 10.3. The summed E-state index contributed by atoms with van der Waals surface area (Å²) in [7, 11) is 3.98. The second-order valence-electron chi connectivity index (χ2n) is 4.65. The first kappa shape index (κ1) is 15.3. The van der Waals surface area contributed by atoms with Crippen molar-refractivity contribution in [2.45, 2.75) is 26.5 Å². The van der Waals surface area contributed by atoms with E-state index >= 15 is 0 Å². The fraction of sp³-hybridized carbons (Fsp3) is 0.667. The van der Waals surface area contributed by atoms with Gasteiger partial charge in [-0.05, 0) is 43.9 Å². The van der Waals surface area contributed by atoms with Crippen LogP contribution >= 0.6 is 15.9 Å². The molecule has 0 radical (unpaired) electrons. The Balaban J connectivity index is 2.73.